The lowest BCUT2D eigenvalue weighted by atomic mass is 9.84. The molecule has 0 bridgehead atoms. The first-order valence-corrected chi connectivity index (χ1v) is 5.69. The minimum absolute atomic E-state index is 0.182. The van der Waals surface area contributed by atoms with Crippen molar-refractivity contribution < 1.29 is 14.7 Å². The zero-order chi connectivity index (χ0) is 12.1. The second kappa shape index (κ2) is 5.68. The molecule has 4 nitrogen and oxygen atoms in total. The van der Waals surface area contributed by atoms with E-state index >= 15 is 0 Å². The average Bonchev–Trinajstić information content (AvgIpc) is 2.16. The molecule has 0 radical (unpaired) electrons. The molecule has 1 aliphatic rings. The van der Waals surface area contributed by atoms with Crippen LogP contribution in [-0.4, -0.2) is 23.0 Å². The molecule has 2 unspecified atom stereocenters. The Morgan fingerprint density at radius 1 is 1.25 bits per heavy atom. The van der Waals surface area contributed by atoms with E-state index in [9.17, 15) is 9.59 Å². The monoisotopic (exact) mass is 225 g/mol. The van der Waals surface area contributed by atoms with Crippen molar-refractivity contribution in [1.82, 2.24) is 5.32 Å². The van der Waals surface area contributed by atoms with Gasteiger partial charge in [-0.1, -0.05) is 18.4 Å². The molecule has 0 saturated heterocycles. The van der Waals surface area contributed by atoms with Crippen LogP contribution in [0.3, 0.4) is 0 Å². The third kappa shape index (κ3) is 3.68. The molecule has 1 rings (SSSR count). The summed E-state index contributed by atoms with van der Waals surface area (Å²) >= 11 is 0. The lowest BCUT2D eigenvalue weighted by Crippen LogP contribution is -2.44. The smallest absolute Gasteiger partial charge is 0.308 e. The summed E-state index contributed by atoms with van der Waals surface area (Å²) in [6.07, 6.45) is 4.86. The Kier molecular flexibility index (Phi) is 4.52. The van der Waals surface area contributed by atoms with E-state index in [4.69, 9.17) is 5.11 Å². The Morgan fingerprint density at radius 2 is 1.88 bits per heavy atom. The molecule has 1 saturated carbocycles. The third-order valence-corrected chi connectivity index (χ3v) is 2.83. The van der Waals surface area contributed by atoms with Crippen molar-refractivity contribution in [1.29, 1.82) is 0 Å². The Balaban J connectivity index is 2.59. The number of amides is 1. The van der Waals surface area contributed by atoms with Crippen LogP contribution in [0.5, 0.6) is 0 Å². The van der Waals surface area contributed by atoms with Crippen LogP contribution in [-0.2, 0) is 9.59 Å². The molecule has 2 N–H and O–H groups in total. The topological polar surface area (TPSA) is 66.4 Å². The number of carbonyl (C=O) groups is 2. The standard InChI is InChI=1S/C12H19NO3/c1-8(2)7-11(14)13-10-6-4-3-5-9(10)12(15)16/h7,9-10H,3-6H2,1-2H3,(H,13,14)(H,15,16). The summed E-state index contributed by atoms with van der Waals surface area (Å²) in [5, 5.41) is 11.8. The summed E-state index contributed by atoms with van der Waals surface area (Å²) in [5.41, 5.74) is 0.917. The highest BCUT2D eigenvalue weighted by atomic mass is 16.4. The summed E-state index contributed by atoms with van der Waals surface area (Å²) in [6, 6.07) is -0.214. The molecule has 0 heterocycles. The van der Waals surface area contributed by atoms with Crippen LogP contribution in [0.25, 0.3) is 0 Å². The molecule has 16 heavy (non-hydrogen) atoms. The van der Waals surface area contributed by atoms with E-state index in [0.717, 1.165) is 24.8 Å². The summed E-state index contributed by atoms with van der Waals surface area (Å²) in [4.78, 5) is 22.5. The fraction of sp³-hybridized carbons (Fsp3) is 0.667. The molecule has 0 aromatic carbocycles. The van der Waals surface area contributed by atoms with Gasteiger partial charge in [0.2, 0.25) is 5.91 Å². The summed E-state index contributed by atoms with van der Waals surface area (Å²) in [5.74, 6) is -1.41. The number of aliphatic carboxylic acids is 1. The summed E-state index contributed by atoms with van der Waals surface area (Å²) in [6.45, 7) is 3.68. The Bertz CT molecular complexity index is 305. The van der Waals surface area contributed by atoms with Crippen LogP contribution in [0.4, 0.5) is 0 Å². The number of carboxylic acid groups (broad SMARTS) is 1. The zero-order valence-corrected chi connectivity index (χ0v) is 9.82. The number of nitrogens with one attached hydrogen (secondary N) is 1. The largest absolute Gasteiger partial charge is 0.481 e. The van der Waals surface area contributed by atoms with Gasteiger partial charge in [-0.05, 0) is 26.7 Å². The van der Waals surface area contributed by atoms with Gasteiger partial charge in [-0.25, -0.2) is 0 Å². The van der Waals surface area contributed by atoms with Crippen LogP contribution in [0.2, 0.25) is 0 Å². The van der Waals surface area contributed by atoms with Gasteiger partial charge in [0, 0.05) is 12.1 Å². The van der Waals surface area contributed by atoms with Gasteiger partial charge in [0.05, 0.1) is 5.92 Å². The summed E-state index contributed by atoms with van der Waals surface area (Å²) < 4.78 is 0. The quantitative estimate of drug-likeness (QED) is 0.718. The first-order valence-electron chi connectivity index (χ1n) is 5.69. The SMILES string of the molecule is CC(C)=CC(=O)NC1CCCCC1C(=O)O. The van der Waals surface area contributed by atoms with Crippen LogP contribution in [0.15, 0.2) is 11.6 Å². The number of allylic oxidation sites excluding steroid dienone is 1. The van der Waals surface area contributed by atoms with Crippen molar-refractivity contribution in [2.75, 3.05) is 0 Å². The molecular weight excluding hydrogens is 206 g/mol. The molecular formula is C12H19NO3. The molecule has 0 aromatic heterocycles. The third-order valence-electron chi connectivity index (χ3n) is 2.83. The van der Waals surface area contributed by atoms with Gasteiger partial charge in [-0.3, -0.25) is 9.59 Å². The molecule has 1 fully saturated rings. The maximum Gasteiger partial charge on any atom is 0.308 e. The normalized spacial score (nSPS) is 24.6. The maximum absolute atomic E-state index is 11.5. The highest BCUT2D eigenvalue weighted by Crippen LogP contribution is 2.24. The minimum atomic E-state index is -0.804. The second-order valence-corrected chi connectivity index (χ2v) is 4.57. The van der Waals surface area contributed by atoms with E-state index in [1.807, 2.05) is 13.8 Å². The predicted octanol–water partition coefficient (Wildman–Crippen LogP) is 1.71. The van der Waals surface area contributed by atoms with E-state index in [-0.39, 0.29) is 11.9 Å². The lowest BCUT2D eigenvalue weighted by Gasteiger charge is -2.28. The molecule has 0 spiro atoms. The fourth-order valence-electron chi connectivity index (χ4n) is 2.09. The van der Waals surface area contributed by atoms with Crippen molar-refractivity contribution in [3.05, 3.63) is 11.6 Å². The van der Waals surface area contributed by atoms with Crippen LogP contribution < -0.4 is 5.32 Å². The van der Waals surface area contributed by atoms with Crippen molar-refractivity contribution in [3.63, 3.8) is 0 Å². The van der Waals surface area contributed by atoms with Gasteiger partial charge in [0.15, 0.2) is 0 Å². The number of hydrogen-bond acceptors (Lipinski definition) is 2. The van der Waals surface area contributed by atoms with Gasteiger partial charge in [-0.2, -0.15) is 0 Å². The van der Waals surface area contributed by atoms with Gasteiger partial charge in [0.25, 0.3) is 0 Å². The Morgan fingerprint density at radius 3 is 2.44 bits per heavy atom. The minimum Gasteiger partial charge on any atom is -0.481 e. The molecule has 1 amide bonds. The predicted molar refractivity (Wildman–Crippen MR) is 61.0 cm³/mol. The van der Waals surface area contributed by atoms with Crippen LogP contribution in [0.1, 0.15) is 39.5 Å². The van der Waals surface area contributed by atoms with Crippen molar-refractivity contribution in [2.45, 2.75) is 45.6 Å². The Labute approximate surface area is 95.7 Å². The van der Waals surface area contributed by atoms with Gasteiger partial charge in [-0.15, -0.1) is 0 Å². The average molecular weight is 225 g/mol. The van der Waals surface area contributed by atoms with Crippen molar-refractivity contribution in [2.24, 2.45) is 5.92 Å². The molecule has 0 aromatic rings. The molecule has 1 aliphatic carbocycles. The molecule has 0 aliphatic heterocycles. The van der Waals surface area contributed by atoms with Crippen molar-refractivity contribution >= 4 is 11.9 Å². The number of carboxylic acids is 1. The highest BCUT2D eigenvalue weighted by molar-refractivity contribution is 5.88. The van der Waals surface area contributed by atoms with E-state index in [2.05, 4.69) is 5.32 Å². The molecule has 4 heteroatoms. The van der Waals surface area contributed by atoms with Gasteiger partial charge >= 0.3 is 5.97 Å². The number of hydrogen-bond donors (Lipinski definition) is 2. The maximum atomic E-state index is 11.5. The van der Waals surface area contributed by atoms with Crippen molar-refractivity contribution in [3.8, 4) is 0 Å². The van der Waals surface area contributed by atoms with E-state index < -0.39 is 11.9 Å². The number of rotatable bonds is 3. The Hall–Kier alpha value is -1.32. The van der Waals surface area contributed by atoms with Gasteiger partial charge in [0.1, 0.15) is 0 Å². The van der Waals surface area contributed by atoms with E-state index in [1.165, 1.54) is 6.08 Å². The first kappa shape index (κ1) is 12.7. The molecule has 2 atom stereocenters. The lowest BCUT2D eigenvalue weighted by molar-refractivity contribution is -0.144. The second-order valence-electron chi connectivity index (χ2n) is 4.57. The number of carbonyl (C=O) groups excluding carboxylic acids is 1. The van der Waals surface area contributed by atoms with Gasteiger partial charge < -0.3 is 10.4 Å². The first-order chi connectivity index (χ1) is 7.50. The van der Waals surface area contributed by atoms with E-state index in [0.29, 0.717) is 6.42 Å². The van der Waals surface area contributed by atoms with E-state index in [1.54, 1.807) is 0 Å². The molecule has 90 valence electrons. The van der Waals surface area contributed by atoms with Crippen LogP contribution in [0, 0.1) is 5.92 Å². The highest BCUT2D eigenvalue weighted by Gasteiger charge is 2.31. The fourth-order valence-corrected chi connectivity index (χ4v) is 2.09. The van der Waals surface area contributed by atoms with Crippen LogP contribution >= 0.6 is 0 Å². The zero-order valence-electron chi connectivity index (χ0n) is 9.82. The summed E-state index contributed by atoms with van der Waals surface area (Å²) in [7, 11) is 0.